The molecular formula is C11H24O2Sn. The molecule has 0 radical (unpaired) electrons. The summed E-state index contributed by atoms with van der Waals surface area (Å²) in [6, 6.07) is 0. The molecule has 0 saturated heterocycles. The predicted octanol–water partition coefficient (Wildman–Crippen LogP) is 3.69. The summed E-state index contributed by atoms with van der Waals surface area (Å²) in [5.41, 5.74) is 0. The molecule has 0 aliphatic carbocycles. The maximum atomic E-state index is 11.3. The number of hydrogen-bond acceptors (Lipinski definition) is 2. The van der Waals surface area contributed by atoms with Gasteiger partial charge in [-0.25, -0.2) is 0 Å². The van der Waals surface area contributed by atoms with Gasteiger partial charge in [-0.3, -0.25) is 0 Å². The predicted molar refractivity (Wildman–Crippen MR) is 60.9 cm³/mol. The third-order valence-electron chi connectivity index (χ3n) is 2.20. The minimum atomic E-state index is -2.55. The molecule has 84 valence electrons. The van der Waals surface area contributed by atoms with Gasteiger partial charge in [0.1, 0.15) is 0 Å². The third kappa shape index (κ3) is 10.6. The number of unbranched alkanes of at least 4 members (excludes halogenated alkanes) is 5. The van der Waals surface area contributed by atoms with E-state index in [1.165, 1.54) is 32.1 Å². The van der Waals surface area contributed by atoms with E-state index in [9.17, 15) is 3.08 Å². The van der Waals surface area contributed by atoms with E-state index >= 15 is 0 Å². The van der Waals surface area contributed by atoms with Crippen molar-refractivity contribution in [2.24, 2.45) is 0 Å². The van der Waals surface area contributed by atoms with E-state index in [1.807, 2.05) is 0 Å². The molecule has 0 heterocycles. The zero-order valence-corrected chi connectivity index (χ0v) is 12.5. The second-order valence-corrected chi connectivity index (χ2v) is 8.11. The van der Waals surface area contributed by atoms with Crippen LogP contribution in [0.2, 0.25) is 4.44 Å². The van der Waals surface area contributed by atoms with Gasteiger partial charge >= 0.3 is 96.1 Å². The van der Waals surface area contributed by atoms with Crippen LogP contribution in [0.15, 0.2) is 0 Å². The zero-order chi connectivity index (χ0) is 10.6. The Kier molecular flexibility index (Phi) is 12.1. The first-order chi connectivity index (χ1) is 6.81. The molecule has 0 aliphatic rings. The van der Waals surface area contributed by atoms with Gasteiger partial charge in [0.2, 0.25) is 0 Å². The van der Waals surface area contributed by atoms with Crippen LogP contribution in [0, 0.1) is 0 Å². The van der Waals surface area contributed by atoms with Crippen LogP contribution < -0.4 is 0 Å². The molecule has 0 spiro atoms. The monoisotopic (exact) mass is 308 g/mol. The zero-order valence-electron chi connectivity index (χ0n) is 9.68. The molecule has 0 atom stereocenters. The molecule has 0 saturated carbocycles. The van der Waals surface area contributed by atoms with Crippen molar-refractivity contribution in [2.75, 3.05) is 6.61 Å². The normalized spacial score (nSPS) is 10.4. The molecule has 0 aromatic carbocycles. The summed E-state index contributed by atoms with van der Waals surface area (Å²) in [6.07, 6.45) is 8.62. The molecule has 0 aromatic rings. The summed E-state index contributed by atoms with van der Waals surface area (Å²) in [4.78, 5) is 0. The van der Waals surface area contributed by atoms with Gasteiger partial charge < -0.3 is 0 Å². The van der Waals surface area contributed by atoms with Crippen molar-refractivity contribution in [1.29, 1.82) is 0 Å². The summed E-state index contributed by atoms with van der Waals surface area (Å²) in [6.45, 7) is 4.98. The molecule has 0 fully saturated rings. The fraction of sp³-hybridized carbons (Fsp3) is 1.00. The molecule has 0 aliphatic heterocycles. The summed E-state index contributed by atoms with van der Waals surface area (Å²) in [5.74, 6) is 0. The van der Waals surface area contributed by atoms with Gasteiger partial charge in [0.05, 0.1) is 0 Å². The van der Waals surface area contributed by atoms with E-state index < -0.39 is 20.2 Å². The van der Waals surface area contributed by atoms with Crippen molar-refractivity contribution >= 4 is 20.2 Å². The Morgan fingerprint density at radius 1 is 0.929 bits per heavy atom. The quantitative estimate of drug-likeness (QED) is 0.454. The fourth-order valence-electron chi connectivity index (χ4n) is 1.34. The second kappa shape index (κ2) is 11.6. The molecule has 2 nitrogen and oxygen atoms in total. The Labute approximate surface area is 96.1 Å². The summed E-state index contributed by atoms with van der Waals surface area (Å²) in [5, 5.41) is 0. The van der Waals surface area contributed by atoms with Crippen LogP contribution in [0.1, 0.15) is 58.8 Å². The third-order valence-corrected chi connectivity index (χ3v) is 5.88. The summed E-state index contributed by atoms with van der Waals surface area (Å²) >= 11 is -2.55. The minimum absolute atomic E-state index is 0.702. The second-order valence-electron chi connectivity index (χ2n) is 3.74. The van der Waals surface area contributed by atoms with Crippen molar-refractivity contribution in [3.05, 3.63) is 0 Å². The van der Waals surface area contributed by atoms with Crippen LogP contribution in [0.5, 0.6) is 0 Å². The topological polar surface area (TPSA) is 26.3 Å². The molecule has 0 rings (SSSR count). The van der Waals surface area contributed by atoms with Crippen molar-refractivity contribution in [2.45, 2.75) is 63.2 Å². The molecular weight excluding hydrogens is 283 g/mol. The van der Waals surface area contributed by atoms with Crippen molar-refractivity contribution < 1.29 is 6.15 Å². The summed E-state index contributed by atoms with van der Waals surface area (Å²) in [7, 11) is 0. The van der Waals surface area contributed by atoms with E-state index in [4.69, 9.17) is 3.07 Å². The Morgan fingerprint density at radius 3 is 2.21 bits per heavy atom. The van der Waals surface area contributed by atoms with Crippen molar-refractivity contribution in [1.82, 2.24) is 0 Å². The molecule has 0 bridgehead atoms. The number of rotatable bonds is 10. The Hall–Kier alpha value is 0.559. The molecule has 0 amide bonds. The van der Waals surface area contributed by atoms with Gasteiger partial charge in [0.15, 0.2) is 0 Å². The standard InChI is InChI=1S/C8H17.C3H7O.O.Sn/c1-3-5-7-8-6-4-2;1-2-3-4;;/h1,3-8H2,2H3;2-3H2,1H3;;/q;-1;;+1. The maximum absolute atomic E-state index is 11.3. The molecule has 0 unspecified atom stereocenters. The first kappa shape index (κ1) is 14.6. The average molecular weight is 307 g/mol. The Bertz CT molecular complexity index is 137. The van der Waals surface area contributed by atoms with Gasteiger partial charge in [-0.1, -0.05) is 0 Å². The van der Waals surface area contributed by atoms with Crippen LogP contribution in [-0.4, -0.2) is 26.8 Å². The van der Waals surface area contributed by atoms with Crippen LogP contribution in [-0.2, 0) is 6.15 Å². The van der Waals surface area contributed by atoms with Crippen LogP contribution in [0.3, 0.4) is 0 Å². The Balaban J connectivity index is 3.07. The molecule has 0 N–H and O–H groups in total. The van der Waals surface area contributed by atoms with E-state index in [2.05, 4.69) is 13.8 Å². The number of hydrogen-bond donors (Lipinski definition) is 0. The van der Waals surface area contributed by atoms with Crippen LogP contribution >= 0.6 is 0 Å². The van der Waals surface area contributed by atoms with Gasteiger partial charge in [0.25, 0.3) is 0 Å². The molecule has 0 aromatic heterocycles. The van der Waals surface area contributed by atoms with Crippen LogP contribution in [0.25, 0.3) is 0 Å². The average Bonchev–Trinajstić information content (AvgIpc) is 2.20. The van der Waals surface area contributed by atoms with E-state index in [0.29, 0.717) is 6.61 Å². The van der Waals surface area contributed by atoms with E-state index in [1.54, 1.807) is 0 Å². The van der Waals surface area contributed by atoms with Crippen LogP contribution in [0.4, 0.5) is 0 Å². The van der Waals surface area contributed by atoms with Crippen molar-refractivity contribution in [3.8, 4) is 0 Å². The van der Waals surface area contributed by atoms with Crippen molar-refractivity contribution in [3.63, 3.8) is 0 Å². The molecule has 3 heteroatoms. The fourth-order valence-corrected chi connectivity index (χ4v) is 4.52. The SMILES string of the molecule is CCCCCCC[CH2][Sn](=[O])[O]CCC. The summed E-state index contributed by atoms with van der Waals surface area (Å²) < 4.78 is 17.5. The van der Waals surface area contributed by atoms with E-state index in [0.717, 1.165) is 17.3 Å². The van der Waals surface area contributed by atoms with Gasteiger partial charge in [-0.2, -0.15) is 0 Å². The first-order valence-electron chi connectivity index (χ1n) is 5.96. The van der Waals surface area contributed by atoms with E-state index in [-0.39, 0.29) is 0 Å². The Morgan fingerprint density at radius 2 is 1.57 bits per heavy atom. The van der Waals surface area contributed by atoms with Gasteiger partial charge in [-0.15, -0.1) is 0 Å². The first-order valence-corrected chi connectivity index (χ1v) is 10.3. The molecule has 14 heavy (non-hydrogen) atoms. The van der Waals surface area contributed by atoms with Gasteiger partial charge in [0, 0.05) is 0 Å². The van der Waals surface area contributed by atoms with Gasteiger partial charge in [-0.05, 0) is 0 Å².